The highest BCUT2D eigenvalue weighted by molar-refractivity contribution is 7.99. The van der Waals surface area contributed by atoms with Crippen molar-refractivity contribution in [3.05, 3.63) is 82.6 Å². The average molecular weight is 503 g/mol. The largest absolute Gasteiger partial charge is 0.325 e. The second-order valence-electron chi connectivity index (χ2n) is 8.15. The van der Waals surface area contributed by atoms with Crippen LogP contribution < -0.4 is 5.32 Å². The number of allylic oxidation sites excluding steroid dienone is 1. The molecule has 0 fully saturated rings. The number of nitrogens with zero attached hydrogens (tertiary/aromatic N) is 3. The van der Waals surface area contributed by atoms with E-state index in [4.69, 9.17) is 0 Å². The van der Waals surface area contributed by atoms with E-state index in [0.717, 1.165) is 46.6 Å². The maximum Gasteiger partial charge on any atom is 0.234 e. The van der Waals surface area contributed by atoms with E-state index in [2.05, 4.69) is 78.6 Å². The summed E-state index contributed by atoms with van der Waals surface area (Å²) in [5.74, 6) is 1.00. The summed E-state index contributed by atoms with van der Waals surface area (Å²) in [5, 5.41) is 15.0. The number of nitrogens with one attached hydrogen (secondary N) is 1. The van der Waals surface area contributed by atoms with Crippen LogP contribution in [-0.2, 0) is 24.2 Å². The lowest BCUT2D eigenvalue weighted by molar-refractivity contribution is -0.113. The lowest BCUT2D eigenvalue weighted by Gasteiger charge is -2.14. The van der Waals surface area contributed by atoms with Gasteiger partial charge in [0.1, 0.15) is 0 Å². The molecule has 0 aliphatic heterocycles. The summed E-state index contributed by atoms with van der Waals surface area (Å²) in [6.07, 6.45) is 3.58. The van der Waals surface area contributed by atoms with Crippen molar-refractivity contribution in [2.45, 2.75) is 45.3 Å². The van der Waals surface area contributed by atoms with E-state index in [1.165, 1.54) is 22.2 Å². The number of carbonyl (C=O) groups excluding carboxylic acids is 1. The first kappa shape index (κ1) is 24.9. The SMILES string of the molecule is C=CCn1c(SCC(=O)Nc2c(CC)cccc2CC)nnc1-c1csc(C)c1-c1ccccc1. The number of rotatable bonds is 10. The van der Waals surface area contributed by atoms with Crippen LogP contribution in [0.5, 0.6) is 0 Å². The minimum absolute atomic E-state index is 0.0448. The van der Waals surface area contributed by atoms with Gasteiger partial charge in [0.15, 0.2) is 11.0 Å². The molecule has 0 bridgehead atoms. The molecule has 1 N–H and O–H groups in total. The van der Waals surface area contributed by atoms with Crippen LogP contribution in [0.15, 0.2) is 71.7 Å². The zero-order valence-electron chi connectivity index (χ0n) is 20.4. The van der Waals surface area contributed by atoms with E-state index >= 15 is 0 Å². The molecule has 1 amide bonds. The fourth-order valence-electron chi connectivity index (χ4n) is 4.18. The molecule has 180 valence electrons. The van der Waals surface area contributed by atoms with Gasteiger partial charge in [0.2, 0.25) is 5.91 Å². The molecule has 2 aromatic carbocycles. The Kier molecular flexibility index (Phi) is 8.21. The fourth-order valence-corrected chi connectivity index (χ4v) is 5.79. The van der Waals surface area contributed by atoms with E-state index < -0.39 is 0 Å². The maximum absolute atomic E-state index is 12.9. The van der Waals surface area contributed by atoms with Gasteiger partial charge in [-0.05, 0) is 36.5 Å². The molecule has 0 radical (unpaired) electrons. The Hall–Kier alpha value is -3.16. The molecule has 0 aliphatic carbocycles. The van der Waals surface area contributed by atoms with E-state index in [1.54, 1.807) is 11.3 Å². The van der Waals surface area contributed by atoms with Crippen molar-refractivity contribution in [2.24, 2.45) is 0 Å². The van der Waals surface area contributed by atoms with Gasteiger partial charge >= 0.3 is 0 Å². The fraction of sp³-hybridized carbons (Fsp3) is 0.250. The lowest BCUT2D eigenvalue weighted by atomic mass is 10.0. The molecule has 4 rings (SSSR count). The number of hydrogen-bond donors (Lipinski definition) is 1. The predicted octanol–water partition coefficient (Wildman–Crippen LogP) is 7.02. The highest BCUT2D eigenvalue weighted by Crippen LogP contribution is 2.39. The van der Waals surface area contributed by atoms with Gasteiger partial charge in [-0.1, -0.05) is 80.2 Å². The number of aryl methyl sites for hydroxylation is 3. The van der Waals surface area contributed by atoms with Crippen LogP contribution in [0.4, 0.5) is 5.69 Å². The third kappa shape index (κ3) is 5.41. The third-order valence-corrected chi connectivity index (χ3v) is 7.78. The second-order valence-corrected chi connectivity index (χ2v) is 10.2. The molecule has 0 aliphatic rings. The van der Waals surface area contributed by atoms with Crippen molar-refractivity contribution in [3.63, 3.8) is 0 Å². The van der Waals surface area contributed by atoms with E-state index in [-0.39, 0.29) is 11.7 Å². The Morgan fingerprint density at radius 3 is 2.46 bits per heavy atom. The van der Waals surface area contributed by atoms with E-state index in [1.807, 2.05) is 28.8 Å². The highest BCUT2D eigenvalue weighted by Gasteiger charge is 2.21. The first-order valence-corrected chi connectivity index (χ1v) is 13.6. The smallest absolute Gasteiger partial charge is 0.234 e. The molecule has 7 heteroatoms. The zero-order chi connectivity index (χ0) is 24.8. The number of para-hydroxylation sites is 1. The Labute approximate surface area is 215 Å². The molecular formula is C28H30N4OS2. The van der Waals surface area contributed by atoms with Crippen molar-refractivity contribution in [1.82, 2.24) is 14.8 Å². The van der Waals surface area contributed by atoms with Crippen LogP contribution in [0.2, 0.25) is 0 Å². The number of thioether (sulfide) groups is 1. The molecule has 35 heavy (non-hydrogen) atoms. The first-order chi connectivity index (χ1) is 17.1. The van der Waals surface area contributed by atoms with E-state index in [9.17, 15) is 4.79 Å². The zero-order valence-corrected chi connectivity index (χ0v) is 22.0. The topological polar surface area (TPSA) is 59.8 Å². The van der Waals surface area contributed by atoms with Gasteiger partial charge in [0.25, 0.3) is 0 Å². The molecule has 0 saturated heterocycles. The van der Waals surface area contributed by atoms with Gasteiger partial charge in [-0.3, -0.25) is 9.36 Å². The van der Waals surface area contributed by atoms with Crippen molar-refractivity contribution in [3.8, 4) is 22.5 Å². The summed E-state index contributed by atoms with van der Waals surface area (Å²) in [6, 6.07) is 16.5. The molecule has 5 nitrogen and oxygen atoms in total. The van der Waals surface area contributed by atoms with Crippen molar-refractivity contribution in [1.29, 1.82) is 0 Å². The van der Waals surface area contributed by atoms with Crippen LogP contribution in [0.1, 0.15) is 29.9 Å². The normalized spacial score (nSPS) is 10.9. The molecule has 0 atom stereocenters. The number of hydrogen-bond acceptors (Lipinski definition) is 5. The quantitative estimate of drug-likeness (QED) is 0.187. The maximum atomic E-state index is 12.9. The molecule has 0 spiro atoms. The Morgan fingerprint density at radius 2 is 1.80 bits per heavy atom. The molecular weight excluding hydrogens is 472 g/mol. The summed E-state index contributed by atoms with van der Waals surface area (Å²) in [6.45, 7) is 10.8. The monoisotopic (exact) mass is 502 g/mol. The van der Waals surface area contributed by atoms with Gasteiger partial charge < -0.3 is 5.32 Å². The molecule has 0 saturated carbocycles. The number of anilines is 1. The predicted molar refractivity (Wildman–Crippen MR) is 148 cm³/mol. The Morgan fingerprint density at radius 1 is 1.09 bits per heavy atom. The van der Waals surface area contributed by atoms with Crippen LogP contribution in [-0.4, -0.2) is 26.4 Å². The summed E-state index contributed by atoms with van der Waals surface area (Å²) in [5.41, 5.74) is 6.63. The first-order valence-electron chi connectivity index (χ1n) is 11.8. The van der Waals surface area contributed by atoms with Crippen LogP contribution in [0.25, 0.3) is 22.5 Å². The van der Waals surface area contributed by atoms with Gasteiger partial charge in [-0.15, -0.1) is 28.1 Å². The minimum atomic E-state index is -0.0448. The minimum Gasteiger partial charge on any atom is -0.325 e. The summed E-state index contributed by atoms with van der Waals surface area (Å²) < 4.78 is 2.04. The third-order valence-electron chi connectivity index (χ3n) is 5.90. The summed E-state index contributed by atoms with van der Waals surface area (Å²) in [4.78, 5) is 14.1. The summed E-state index contributed by atoms with van der Waals surface area (Å²) >= 11 is 3.10. The van der Waals surface area contributed by atoms with Gasteiger partial charge in [0.05, 0.1) is 5.75 Å². The average Bonchev–Trinajstić information content (AvgIpc) is 3.46. The van der Waals surface area contributed by atoms with Gasteiger partial charge in [0, 0.05) is 33.6 Å². The van der Waals surface area contributed by atoms with Crippen LogP contribution in [0, 0.1) is 6.92 Å². The lowest BCUT2D eigenvalue weighted by Crippen LogP contribution is -2.17. The van der Waals surface area contributed by atoms with Gasteiger partial charge in [-0.2, -0.15) is 0 Å². The van der Waals surface area contributed by atoms with E-state index in [0.29, 0.717) is 11.7 Å². The van der Waals surface area contributed by atoms with Gasteiger partial charge in [-0.25, -0.2) is 0 Å². The van der Waals surface area contributed by atoms with Crippen molar-refractivity contribution in [2.75, 3.05) is 11.1 Å². The number of thiophene rings is 1. The standard InChI is InChI=1S/C28H30N4OS2/c1-5-16-32-27(23-17-34-19(4)25(23)22-12-9-8-10-13-22)30-31-28(32)35-18-24(33)29-26-20(6-2)14-11-15-21(26)7-3/h5,8-15,17H,1,6-7,16,18H2,2-4H3,(H,29,33). The molecule has 0 unspecified atom stereocenters. The molecule has 2 heterocycles. The van der Waals surface area contributed by atoms with Crippen LogP contribution >= 0.6 is 23.1 Å². The number of amides is 1. The molecule has 2 aromatic heterocycles. The number of carbonyl (C=O) groups is 1. The van der Waals surface area contributed by atoms with Crippen LogP contribution in [0.3, 0.4) is 0 Å². The number of benzene rings is 2. The molecule has 4 aromatic rings. The highest BCUT2D eigenvalue weighted by atomic mass is 32.2. The Balaban J connectivity index is 1.58. The Bertz CT molecular complexity index is 1300. The summed E-state index contributed by atoms with van der Waals surface area (Å²) in [7, 11) is 0. The second kappa shape index (κ2) is 11.5. The number of aromatic nitrogens is 3. The van der Waals surface area contributed by atoms with Crippen molar-refractivity contribution >= 4 is 34.7 Å². The van der Waals surface area contributed by atoms with Crippen molar-refractivity contribution < 1.29 is 4.79 Å².